The maximum Gasteiger partial charge on any atom is 0.358 e. The van der Waals surface area contributed by atoms with Crippen LogP contribution in [0.3, 0.4) is 0 Å². The van der Waals surface area contributed by atoms with Crippen LogP contribution in [0.5, 0.6) is 0 Å². The summed E-state index contributed by atoms with van der Waals surface area (Å²) in [5, 5.41) is 15.6. The molecule has 0 atom stereocenters. The number of aryl methyl sites for hydroxylation is 1. The van der Waals surface area contributed by atoms with Crippen LogP contribution in [0.15, 0.2) is 0 Å². The normalized spacial score (nSPS) is 11.2. The van der Waals surface area contributed by atoms with Crippen LogP contribution in [0.4, 0.5) is 8.78 Å². The zero-order valence-electron chi connectivity index (χ0n) is 12.4. The van der Waals surface area contributed by atoms with Gasteiger partial charge in [-0.1, -0.05) is 57.1 Å². The summed E-state index contributed by atoms with van der Waals surface area (Å²) in [5.74, 6) is -1.47. The van der Waals surface area contributed by atoms with E-state index in [0.717, 1.165) is 23.9 Å². The Morgan fingerprint density at radius 3 is 2.24 bits per heavy atom. The Hall–Kier alpha value is -1.53. The van der Waals surface area contributed by atoms with E-state index in [0.29, 0.717) is 6.42 Å². The average Bonchev–Trinajstić information content (AvgIpc) is 2.86. The van der Waals surface area contributed by atoms with Gasteiger partial charge in [-0.15, -0.1) is 5.10 Å². The quantitative estimate of drug-likeness (QED) is 0.626. The van der Waals surface area contributed by atoms with Crippen molar-refractivity contribution in [1.29, 1.82) is 0 Å². The maximum atomic E-state index is 12.9. The van der Waals surface area contributed by atoms with E-state index in [9.17, 15) is 13.6 Å². The molecule has 0 bridgehead atoms. The molecule has 7 heteroatoms. The van der Waals surface area contributed by atoms with Crippen molar-refractivity contribution in [1.82, 2.24) is 15.0 Å². The molecule has 1 rings (SSSR count). The van der Waals surface area contributed by atoms with Crippen LogP contribution in [0, 0.1) is 0 Å². The lowest BCUT2D eigenvalue weighted by Gasteiger charge is -2.06. The molecule has 120 valence electrons. The van der Waals surface area contributed by atoms with Crippen molar-refractivity contribution in [3.63, 3.8) is 0 Å². The zero-order valence-corrected chi connectivity index (χ0v) is 12.4. The molecule has 1 heterocycles. The minimum Gasteiger partial charge on any atom is -0.476 e. The third-order valence-corrected chi connectivity index (χ3v) is 3.41. The average molecular weight is 303 g/mol. The smallest absolute Gasteiger partial charge is 0.358 e. The number of alkyl halides is 2. The molecule has 0 saturated heterocycles. The Bertz CT molecular complexity index is 436. The highest BCUT2D eigenvalue weighted by Gasteiger charge is 2.25. The van der Waals surface area contributed by atoms with E-state index in [4.69, 9.17) is 5.11 Å². The topological polar surface area (TPSA) is 68.0 Å². The van der Waals surface area contributed by atoms with E-state index in [1.165, 1.54) is 25.7 Å². The van der Waals surface area contributed by atoms with Crippen molar-refractivity contribution in [2.24, 2.45) is 0 Å². The fourth-order valence-electron chi connectivity index (χ4n) is 2.25. The van der Waals surface area contributed by atoms with Crippen molar-refractivity contribution in [2.75, 3.05) is 0 Å². The first-order chi connectivity index (χ1) is 10.1. The molecule has 0 radical (unpaired) electrons. The molecule has 0 aromatic carbocycles. The number of unbranched alkanes of at least 4 members (excludes halogenated alkanes) is 7. The molecule has 0 aliphatic heterocycles. The molecule has 0 amide bonds. The van der Waals surface area contributed by atoms with Crippen LogP contribution in [0.2, 0.25) is 0 Å². The number of aromatic carboxylic acids is 1. The van der Waals surface area contributed by atoms with Crippen LogP contribution in [0.25, 0.3) is 0 Å². The Morgan fingerprint density at radius 2 is 1.71 bits per heavy atom. The summed E-state index contributed by atoms with van der Waals surface area (Å²) in [5.41, 5.74) is -1.24. The van der Waals surface area contributed by atoms with Crippen LogP contribution >= 0.6 is 0 Å². The standard InChI is InChI=1S/C14H23F2N3O2/c1-2-3-4-5-6-7-8-9-10-19-12(13(15)16)11(14(20)21)17-18-19/h13H,2-10H2,1H3,(H,20,21). The number of carbonyl (C=O) groups is 1. The van der Waals surface area contributed by atoms with Crippen LogP contribution < -0.4 is 0 Å². The number of hydrogen-bond donors (Lipinski definition) is 1. The molecular weight excluding hydrogens is 280 g/mol. The lowest BCUT2D eigenvalue weighted by Crippen LogP contribution is -2.09. The fraction of sp³-hybridized carbons (Fsp3) is 0.786. The Labute approximate surface area is 123 Å². The van der Waals surface area contributed by atoms with Gasteiger partial charge in [0.05, 0.1) is 0 Å². The molecule has 0 fully saturated rings. The fourth-order valence-corrected chi connectivity index (χ4v) is 2.25. The Balaban J connectivity index is 2.34. The van der Waals surface area contributed by atoms with Crippen molar-refractivity contribution in [3.8, 4) is 0 Å². The summed E-state index contributed by atoms with van der Waals surface area (Å²) in [6.07, 6.45) is 5.91. The van der Waals surface area contributed by atoms with Crippen LogP contribution in [-0.2, 0) is 6.54 Å². The van der Waals surface area contributed by atoms with E-state index < -0.39 is 23.8 Å². The molecule has 1 aromatic rings. The zero-order chi connectivity index (χ0) is 15.7. The molecule has 0 spiro atoms. The van der Waals surface area contributed by atoms with Gasteiger partial charge in [-0.25, -0.2) is 18.3 Å². The van der Waals surface area contributed by atoms with Crippen molar-refractivity contribution in [2.45, 2.75) is 71.3 Å². The molecular formula is C14H23F2N3O2. The number of hydrogen-bond acceptors (Lipinski definition) is 3. The first kappa shape index (κ1) is 17.5. The Kier molecular flexibility index (Phi) is 7.85. The number of nitrogens with zero attached hydrogens (tertiary/aromatic N) is 3. The van der Waals surface area contributed by atoms with Gasteiger partial charge in [0.2, 0.25) is 0 Å². The highest BCUT2D eigenvalue weighted by Crippen LogP contribution is 2.22. The van der Waals surface area contributed by atoms with Gasteiger partial charge < -0.3 is 5.11 Å². The van der Waals surface area contributed by atoms with Gasteiger partial charge in [0.15, 0.2) is 5.69 Å². The predicted molar refractivity (Wildman–Crippen MR) is 74.5 cm³/mol. The highest BCUT2D eigenvalue weighted by atomic mass is 19.3. The number of rotatable bonds is 11. The minimum absolute atomic E-state index is 0.287. The molecule has 21 heavy (non-hydrogen) atoms. The van der Waals surface area contributed by atoms with Gasteiger partial charge >= 0.3 is 5.97 Å². The number of carboxylic acids is 1. The first-order valence-corrected chi connectivity index (χ1v) is 7.52. The third kappa shape index (κ3) is 5.77. The third-order valence-electron chi connectivity index (χ3n) is 3.41. The predicted octanol–water partition coefficient (Wildman–Crippen LogP) is 4.05. The Morgan fingerprint density at radius 1 is 1.14 bits per heavy atom. The van der Waals surface area contributed by atoms with Gasteiger partial charge in [0.1, 0.15) is 5.69 Å². The molecule has 0 aliphatic rings. The van der Waals surface area contributed by atoms with E-state index in [2.05, 4.69) is 17.2 Å². The van der Waals surface area contributed by atoms with E-state index in [1.807, 2.05) is 0 Å². The second-order valence-corrected chi connectivity index (χ2v) is 5.13. The maximum absolute atomic E-state index is 12.9. The second-order valence-electron chi connectivity index (χ2n) is 5.13. The lowest BCUT2D eigenvalue weighted by molar-refractivity contribution is 0.0675. The van der Waals surface area contributed by atoms with E-state index in [-0.39, 0.29) is 6.54 Å². The number of carboxylic acid groups (broad SMARTS) is 1. The monoisotopic (exact) mass is 303 g/mol. The van der Waals surface area contributed by atoms with Gasteiger partial charge in [-0.05, 0) is 6.42 Å². The number of halogens is 2. The summed E-state index contributed by atoms with van der Waals surface area (Å²) in [6.45, 7) is 2.46. The van der Waals surface area contributed by atoms with Gasteiger partial charge in [0.25, 0.3) is 6.43 Å². The highest BCUT2D eigenvalue weighted by molar-refractivity contribution is 5.86. The summed E-state index contributed by atoms with van der Waals surface area (Å²) in [4.78, 5) is 10.8. The SMILES string of the molecule is CCCCCCCCCCn1nnc(C(=O)O)c1C(F)F. The molecule has 0 unspecified atom stereocenters. The molecule has 0 aliphatic carbocycles. The van der Waals surface area contributed by atoms with Gasteiger partial charge in [-0.2, -0.15) is 0 Å². The van der Waals surface area contributed by atoms with Crippen molar-refractivity contribution < 1.29 is 18.7 Å². The van der Waals surface area contributed by atoms with Gasteiger partial charge in [0, 0.05) is 6.54 Å². The largest absolute Gasteiger partial charge is 0.476 e. The number of aromatic nitrogens is 3. The summed E-state index contributed by atoms with van der Waals surface area (Å²) >= 11 is 0. The first-order valence-electron chi connectivity index (χ1n) is 7.52. The molecule has 1 N–H and O–H groups in total. The van der Waals surface area contributed by atoms with Crippen LogP contribution in [0.1, 0.15) is 80.9 Å². The lowest BCUT2D eigenvalue weighted by atomic mass is 10.1. The molecule has 5 nitrogen and oxygen atoms in total. The molecule has 0 saturated carbocycles. The minimum atomic E-state index is -2.87. The van der Waals surface area contributed by atoms with Crippen molar-refractivity contribution in [3.05, 3.63) is 11.4 Å². The van der Waals surface area contributed by atoms with E-state index in [1.54, 1.807) is 0 Å². The van der Waals surface area contributed by atoms with Gasteiger partial charge in [-0.3, -0.25) is 0 Å². The van der Waals surface area contributed by atoms with E-state index >= 15 is 0 Å². The summed E-state index contributed by atoms with van der Waals surface area (Å²) < 4.78 is 26.8. The molecule has 1 aromatic heterocycles. The van der Waals surface area contributed by atoms with Crippen LogP contribution in [-0.4, -0.2) is 26.1 Å². The van der Waals surface area contributed by atoms with Crippen molar-refractivity contribution >= 4 is 5.97 Å². The summed E-state index contributed by atoms with van der Waals surface area (Å²) in [6, 6.07) is 0. The second kappa shape index (κ2) is 9.41. The summed E-state index contributed by atoms with van der Waals surface area (Å²) in [7, 11) is 0.